The second kappa shape index (κ2) is 9.96. The highest BCUT2D eigenvalue weighted by Gasteiger charge is 2.36. The normalized spacial score (nSPS) is 20.6. The molecule has 0 aliphatic carbocycles. The number of hydrogen-bond acceptors (Lipinski definition) is 5. The number of aliphatic carboxylic acids is 1. The summed E-state index contributed by atoms with van der Waals surface area (Å²) in [4.78, 5) is 53.2. The van der Waals surface area contributed by atoms with Crippen LogP contribution < -0.4 is 0 Å². The Bertz CT molecular complexity index is 577. The zero-order valence-corrected chi connectivity index (χ0v) is 16.9. The van der Waals surface area contributed by atoms with Gasteiger partial charge in [0.25, 0.3) is 0 Å². The molecule has 152 valence electrons. The van der Waals surface area contributed by atoms with E-state index in [4.69, 9.17) is 5.11 Å². The van der Waals surface area contributed by atoms with E-state index in [-0.39, 0.29) is 24.3 Å². The largest absolute Gasteiger partial charge is 0.481 e. The van der Waals surface area contributed by atoms with Crippen LogP contribution in [0.3, 0.4) is 0 Å². The third kappa shape index (κ3) is 5.60. The van der Waals surface area contributed by atoms with Gasteiger partial charge in [-0.1, -0.05) is 13.3 Å². The molecule has 0 saturated carbocycles. The summed E-state index contributed by atoms with van der Waals surface area (Å²) in [6.45, 7) is 2.78. The van der Waals surface area contributed by atoms with E-state index in [2.05, 4.69) is 0 Å². The molecule has 0 aromatic carbocycles. The summed E-state index contributed by atoms with van der Waals surface area (Å²) >= 11 is 1.55. The Kier molecular flexibility index (Phi) is 7.94. The van der Waals surface area contributed by atoms with Gasteiger partial charge in [-0.3, -0.25) is 19.2 Å². The van der Waals surface area contributed by atoms with E-state index in [0.717, 1.165) is 12.8 Å². The van der Waals surface area contributed by atoms with Crippen molar-refractivity contribution >= 4 is 35.5 Å². The number of piperidine rings is 1. The Morgan fingerprint density at radius 2 is 1.81 bits per heavy atom. The molecule has 9 heteroatoms. The molecule has 2 rings (SSSR count). The highest BCUT2D eigenvalue weighted by atomic mass is 32.2. The Morgan fingerprint density at radius 1 is 1.15 bits per heavy atom. The highest BCUT2D eigenvalue weighted by molar-refractivity contribution is 7.99. The van der Waals surface area contributed by atoms with Gasteiger partial charge < -0.3 is 19.8 Å². The lowest BCUT2D eigenvalue weighted by atomic mass is 9.97. The fraction of sp³-hybridized carbons (Fsp3) is 0.778. The second-order valence-electron chi connectivity index (χ2n) is 7.17. The van der Waals surface area contributed by atoms with Crippen LogP contribution in [0.15, 0.2) is 0 Å². The topological polar surface area (TPSA) is 98.2 Å². The van der Waals surface area contributed by atoms with Crippen LogP contribution in [0.25, 0.3) is 0 Å². The van der Waals surface area contributed by atoms with Crippen molar-refractivity contribution in [1.82, 2.24) is 14.7 Å². The number of unbranched alkanes of at least 4 members (excludes halogenated alkanes) is 1. The van der Waals surface area contributed by atoms with Crippen LogP contribution in [-0.4, -0.2) is 87.9 Å². The smallest absolute Gasteiger partial charge is 0.306 e. The van der Waals surface area contributed by atoms with Gasteiger partial charge in [0.2, 0.25) is 17.7 Å². The van der Waals surface area contributed by atoms with E-state index in [1.54, 1.807) is 28.6 Å². The maximum Gasteiger partial charge on any atom is 0.306 e. The van der Waals surface area contributed by atoms with E-state index in [9.17, 15) is 19.2 Å². The van der Waals surface area contributed by atoms with Gasteiger partial charge in [-0.2, -0.15) is 0 Å². The van der Waals surface area contributed by atoms with Crippen LogP contribution in [0, 0.1) is 5.92 Å². The van der Waals surface area contributed by atoms with Gasteiger partial charge in [0.05, 0.1) is 18.3 Å². The molecule has 1 atom stereocenters. The van der Waals surface area contributed by atoms with E-state index >= 15 is 0 Å². The Morgan fingerprint density at radius 3 is 2.41 bits per heavy atom. The molecule has 3 amide bonds. The number of thioether (sulfide) groups is 1. The summed E-state index contributed by atoms with van der Waals surface area (Å²) in [6.07, 6.45) is 3.07. The third-order valence-corrected chi connectivity index (χ3v) is 6.19. The summed E-state index contributed by atoms with van der Waals surface area (Å²) in [6, 6.07) is -0.505. The molecule has 0 aromatic rings. The lowest BCUT2D eigenvalue weighted by Gasteiger charge is -2.32. The number of amides is 3. The van der Waals surface area contributed by atoms with Gasteiger partial charge in [-0.15, -0.1) is 11.8 Å². The van der Waals surface area contributed by atoms with Gasteiger partial charge >= 0.3 is 5.97 Å². The molecular formula is C18H29N3O5S. The molecule has 0 aromatic heterocycles. The standard InChI is InChI=1S/C18H29N3O5S/c1-3-4-5-15(22)21-12-27-11-14(21)17(24)19(2)10-16(23)20-8-6-13(7-9-20)18(25)26/h13-14H,3-12H2,1-2H3,(H,25,26). The Labute approximate surface area is 164 Å². The van der Waals surface area contributed by atoms with Crippen LogP contribution in [0.4, 0.5) is 0 Å². The summed E-state index contributed by atoms with van der Waals surface area (Å²) < 4.78 is 0. The Hall–Kier alpha value is -1.77. The molecule has 0 radical (unpaired) electrons. The molecule has 0 bridgehead atoms. The first-order valence-corrected chi connectivity index (χ1v) is 10.6. The molecule has 27 heavy (non-hydrogen) atoms. The molecule has 2 heterocycles. The van der Waals surface area contributed by atoms with Crippen molar-refractivity contribution in [3.05, 3.63) is 0 Å². The van der Waals surface area contributed by atoms with Gasteiger partial charge in [0.15, 0.2) is 0 Å². The minimum atomic E-state index is -0.819. The second-order valence-corrected chi connectivity index (χ2v) is 8.17. The zero-order valence-electron chi connectivity index (χ0n) is 16.1. The highest BCUT2D eigenvalue weighted by Crippen LogP contribution is 2.24. The number of carboxylic acids is 1. The first-order valence-electron chi connectivity index (χ1n) is 9.47. The van der Waals surface area contributed by atoms with Crippen molar-refractivity contribution < 1.29 is 24.3 Å². The number of nitrogens with zero attached hydrogens (tertiary/aromatic N) is 3. The zero-order chi connectivity index (χ0) is 20.0. The maximum atomic E-state index is 12.8. The SMILES string of the molecule is CCCCC(=O)N1CSCC1C(=O)N(C)CC(=O)N1CCC(C(=O)O)CC1. The van der Waals surface area contributed by atoms with Crippen LogP contribution in [0.2, 0.25) is 0 Å². The molecular weight excluding hydrogens is 370 g/mol. The minimum Gasteiger partial charge on any atom is -0.481 e. The Balaban J connectivity index is 1.86. The number of hydrogen-bond donors (Lipinski definition) is 1. The van der Waals surface area contributed by atoms with E-state index in [1.807, 2.05) is 6.92 Å². The van der Waals surface area contributed by atoms with Crippen LogP contribution in [-0.2, 0) is 19.2 Å². The summed E-state index contributed by atoms with van der Waals surface area (Å²) in [5.74, 6) is -0.533. The summed E-state index contributed by atoms with van der Waals surface area (Å²) in [7, 11) is 1.59. The lowest BCUT2D eigenvalue weighted by molar-refractivity contribution is -0.148. The number of carbonyl (C=O) groups excluding carboxylic acids is 3. The minimum absolute atomic E-state index is 0.00401. The van der Waals surface area contributed by atoms with E-state index < -0.39 is 17.9 Å². The van der Waals surface area contributed by atoms with Crippen molar-refractivity contribution in [2.75, 3.05) is 38.3 Å². The molecule has 1 N–H and O–H groups in total. The maximum absolute atomic E-state index is 12.8. The number of carboxylic acid groups (broad SMARTS) is 1. The molecule has 1 unspecified atom stereocenters. The third-order valence-electron chi connectivity index (χ3n) is 5.18. The number of likely N-dealkylation sites (N-methyl/N-ethyl adjacent to an activating group) is 1. The predicted octanol–water partition coefficient (Wildman–Crippen LogP) is 0.860. The van der Waals surface area contributed by atoms with Crippen LogP contribution in [0.5, 0.6) is 0 Å². The van der Waals surface area contributed by atoms with Crippen molar-refractivity contribution in [3.8, 4) is 0 Å². The molecule has 2 fully saturated rings. The number of carbonyl (C=O) groups is 4. The predicted molar refractivity (Wildman–Crippen MR) is 102 cm³/mol. The fourth-order valence-corrected chi connectivity index (χ4v) is 4.55. The van der Waals surface area contributed by atoms with Gasteiger partial charge in [-0.25, -0.2) is 0 Å². The molecule has 8 nitrogen and oxygen atoms in total. The lowest BCUT2D eigenvalue weighted by Crippen LogP contribution is -2.51. The van der Waals surface area contributed by atoms with Crippen molar-refractivity contribution in [3.63, 3.8) is 0 Å². The fourth-order valence-electron chi connectivity index (χ4n) is 3.38. The summed E-state index contributed by atoms with van der Waals surface area (Å²) in [5, 5.41) is 9.04. The van der Waals surface area contributed by atoms with E-state index in [1.165, 1.54) is 4.90 Å². The van der Waals surface area contributed by atoms with Crippen molar-refractivity contribution in [1.29, 1.82) is 0 Å². The summed E-state index contributed by atoms with van der Waals surface area (Å²) in [5.41, 5.74) is 0. The number of likely N-dealkylation sites (tertiary alicyclic amines) is 1. The van der Waals surface area contributed by atoms with Crippen molar-refractivity contribution in [2.24, 2.45) is 5.92 Å². The quantitative estimate of drug-likeness (QED) is 0.682. The first kappa shape index (κ1) is 21.5. The molecule has 0 spiro atoms. The van der Waals surface area contributed by atoms with Gasteiger partial charge in [-0.05, 0) is 19.3 Å². The van der Waals surface area contributed by atoms with Crippen LogP contribution in [0.1, 0.15) is 39.0 Å². The average molecular weight is 400 g/mol. The molecule has 2 aliphatic heterocycles. The number of rotatable bonds is 7. The average Bonchev–Trinajstić information content (AvgIpc) is 3.15. The molecule has 2 saturated heterocycles. The van der Waals surface area contributed by atoms with Gasteiger partial charge in [0.1, 0.15) is 6.04 Å². The van der Waals surface area contributed by atoms with Crippen molar-refractivity contribution in [2.45, 2.75) is 45.1 Å². The van der Waals surface area contributed by atoms with Crippen LogP contribution >= 0.6 is 11.8 Å². The first-order chi connectivity index (χ1) is 12.8. The van der Waals surface area contributed by atoms with E-state index in [0.29, 0.717) is 44.0 Å². The molecule has 2 aliphatic rings. The monoisotopic (exact) mass is 399 g/mol. The van der Waals surface area contributed by atoms with Gasteiger partial charge in [0, 0.05) is 32.3 Å².